The smallest absolute Gasteiger partial charge is 0.264 e. The number of rotatable bonds is 5. The van der Waals surface area contributed by atoms with E-state index < -0.39 is 9.04 Å². The van der Waals surface area contributed by atoms with E-state index >= 15 is 0 Å². The minimum Gasteiger partial charge on any atom is -0.447 e. The average molecular weight is 354 g/mol. The van der Waals surface area contributed by atoms with E-state index in [4.69, 9.17) is 4.12 Å². The molecule has 4 rings (SSSR count). The largest absolute Gasteiger partial charge is 0.447 e. The lowest BCUT2D eigenvalue weighted by Crippen LogP contribution is -2.33. The van der Waals surface area contributed by atoms with Crippen molar-refractivity contribution in [2.24, 2.45) is 0 Å². The summed E-state index contributed by atoms with van der Waals surface area (Å²) in [7, 11) is -0.989. The fraction of sp³-hybridized carbons (Fsp3) is 0. The van der Waals surface area contributed by atoms with Crippen LogP contribution in [0.5, 0.6) is 0 Å². The second kappa shape index (κ2) is 6.80. The Kier molecular flexibility index (Phi) is 4.36. The lowest BCUT2D eigenvalue weighted by Gasteiger charge is -2.15. The van der Waals surface area contributed by atoms with Crippen LogP contribution in [0, 0.1) is 0 Å². The van der Waals surface area contributed by atoms with E-state index in [2.05, 4.69) is 79.9 Å². The molecule has 3 radical (unpaired) electrons. The average Bonchev–Trinajstić information content (AvgIpc) is 2.67. The molecule has 0 aliphatic heterocycles. The van der Waals surface area contributed by atoms with E-state index in [9.17, 15) is 0 Å². The summed E-state index contributed by atoms with van der Waals surface area (Å²) < 4.78 is 6.06. The van der Waals surface area contributed by atoms with Gasteiger partial charge in [0.15, 0.2) is 0 Å². The molecule has 0 amide bonds. The lowest BCUT2D eigenvalue weighted by atomic mass is 9.98. The van der Waals surface area contributed by atoms with Crippen molar-refractivity contribution in [2.45, 2.75) is 0 Å². The van der Waals surface area contributed by atoms with E-state index in [0.29, 0.717) is 9.76 Å². The second-order valence-corrected chi connectivity index (χ2v) is 9.02. The second-order valence-electron chi connectivity index (χ2n) is 5.88. The van der Waals surface area contributed by atoms with Crippen LogP contribution in [0.1, 0.15) is 0 Å². The van der Waals surface area contributed by atoms with Crippen molar-refractivity contribution < 1.29 is 4.12 Å². The van der Waals surface area contributed by atoms with E-state index in [-0.39, 0.29) is 0 Å². The highest BCUT2D eigenvalue weighted by molar-refractivity contribution is 6.78. The van der Waals surface area contributed by atoms with Gasteiger partial charge in [-0.3, -0.25) is 0 Å². The van der Waals surface area contributed by atoms with Gasteiger partial charge < -0.3 is 4.12 Å². The Morgan fingerprint density at radius 3 is 2.28 bits per heavy atom. The molecule has 0 aliphatic carbocycles. The van der Waals surface area contributed by atoms with Gasteiger partial charge in [-0.1, -0.05) is 66.0 Å². The van der Waals surface area contributed by atoms with Crippen LogP contribution in [0.4, 0.5) is 0 Å². The maximum atomic E-state index is 6.06. The van der Waals surface area contributed by atoms with E-state index in [0.717, 1.165) is 0 Å². The number of hydrogen-bond donors (Lipinski definition) is 0. The fourth-order valence-corrected chi connectivity index (χ4v) is 5.94. The Bertz CT molecular complexity index is 1100. The van der Waals surface area contributed by atoms with Crippen molar-refractivity contribution in [3.05, 3.63) is 91.3 Å². The van der Waals surface area contributed by atoms with Crippen LogP contribution in [-0.2, 0) is 4.12 Å². The predicted octanol–water partition coefficient (Wildman–Crippen LogP) is 4.85. The molecule has 0 fully saturated rings. The molecule has 0 bridgehead atoms. The van der Waals surface area contributed by atoms with Crippen molar-refractivity contribution >= 4 is 56.3 Å². The summed E-state index contributed by atoms with van der Waals surface area (Å²) in [4.78, 5) is 0. The zero-order valence-electron chi connectivity index (χ0n) is 13.8. The van der Waals surface area contributed by atoms with Gasteiger partial charge >= 0.3 is 0 Å². The van der Waals surface area contributed by atoms with Gasteiger partial charge in [0.05, 0.1) is 0 Å². The molecule has 4 aromatic carbocycles. The van der Waals surface area contributed by atoms with Crippen molar-refractivity contribution in [2.75, 3.05) is 0 Å². The van der Waals surface area contributed by atoms with Gasteiger partial charge in [0.25, 0.3) is 9.04 Å². The van der Waals surface area contributed by atoms with Crippen molar-refractivity contribution in [3.8, 4) is 0 Å². The molecular formula is C22H17OSi2. The first-order chi connectivity index (χ1) is 12.3. The zero-order valence-corrected chi connectivity index (χ0v) is 15.8. The molecule has 0 unspecified atom stereocenters. The van der Waals surface area contributed by atoms with E-state index in [1.54, 1.807) is 0 Å². The highest BCUT2D eigenvalue weighted by Crippen LogP contribution is 2.29. The lowest BCUT2D eigenvalue weighted by molar-refractivity contribution is 0.647. The van der Waals surface area contributed by atoms with Crippen LogP contribution in [0.3, 0.4) is 0 Å². The molecule has 0 spiro atoms. The Hall–Kier alpha value is -2.47. The maximum absolute atomic E-state index is 6.06. The SMILES string of the molecule is C=C[Si]O[Si](C=C)c1cccc2ccc3cc4ccccc4cc3c12. The first kappa shape index (κ1) is 16.0. The number of fused-ring (bicyclic) bond motifs is 4. The Balaban J connectivity index is 2.05. The maximum Gasteiger partial charge on any atom is 0.264 e. The summed E-state index contributed by atoms with van der Waals surface area (Å²) in [6.07, 6.45) is 0. The van der Waals surface area contributed by atoms with Crippen molar-refractivity contribution in [1.82, 2.24) is 0 Å². The van der Waals surface area contributed by atoms with Gasteiger partial charge in [0.2, 0.25) is 9.76 Å². The molecule has 119 valence electrons. The molecule has 0 aliphatic rings. The van der Waals surface area contributed by atoms with Gasteiger partial charge in [0.1, 0.15) is 0 Å². The van der Waals surface area contributed by atoms with Gasteiger partial charge in [-0.15, -0.1) is 13.2 Å². The third-order valence-corrected chi connectivity index (χ3v) is 7.27. The van der Waals surface area contributed by atoms with Crippen molar-refractivity contribution in [3.63, 3.8) is 0 Å². The van der Waals surface area contributed by atoms with Crippen LogP contribution in [0.2, 0.25) is 0 Å². The summed E-state index contributed by atoms with van der Waals surface area (Å²) in [5.74, 6) is 0. The van der Waals surface area contributed by atoms with E-state index in [1.807, 2.05) is 11.4 Å². The summed E-state index contributed by atoms with van der Waals surface area (Å²) in [5.41, 5.74) is 3.79. The van der Waals surface area contributed by atoms with Gasteiger partial charge in [0, 0.05) is 0 Å². The number of hydrogen-bond acceptors (Lipinski definition) is 1. The third-order valence-electron chi connectivity index (χ3n) is 4.43. The Morgan fingerprint density at radius 2 is 1.52 bits per heavy atom. The molecule has 25 heavy (non-hydrogen) atoms. The highest BCUT2D eigenvalue weighted by Gasteiger charge is 2.17. The van der Waals surface area contributed by atoms with Crippen LogP contribution < -0.4 is 5.19 Å². The molecule has 4 aromatic rings. The first-order valence-electron chi connectivity index (χ1n) is 8.19. The third kappa shape index (κ3) is 2.87. The van der Waals surface area contributed by atoms with Crippen LogP contribution in [-0.4, -0.2) is 18.8 Å². The van der Waals surface area contributed by atoms with Gasteiger partial charge in [-0.05, 0) is 49.6 Å². The first-order valence-corrected chi connectivity index (χ1v) is 10.7. The van der Waals surface area contributed by atoms with Gasteiger partial charge in [-0.25, -0.2) is 0 Å². The van der Waals surface area contributed by atoms with Gasteiger partial charge in [-0.2, -0.15) is 0 Å². The van der Waals surface area contributed by atoms with Crippen LogP contribution >= 0.6 is 0 Å². The minimum atomic E-state index is -1.29. The molecule has 3 heteroatoms. The Labute approximate surface area is 151 Å². The topological polar surface area (TPSA) is 9.23 Å². The predicted molar refractivity (Wildman–Crippen MR) is 112 cm³/mol. The molecule has 1 nitrogen and oxygen atoms in total. The molecule has 0 N–H and O–H groups in total. The summed E-state index contributed by atoms with van der Waals surface area (Å²) >= 11 is 0. The Morgan fingerprint density at radius 1 is 0.800 bits per heavy atom. The van der Waals surface area contributed by atoms with E-state index in [1.165, 1.54) is 37.5 Å². The zero-order chi connectivity index (χ0) is 17.2. The minimum absolute atomic E-state index is 0.298. The molecule has 0 heterocycles. The fourth-order valence-electron chi connectivity index (χ4n) is 3.32. The standard InChI is InChI=1S/C22H17OSi2/c1-3-24-23-25(4-2)21-11-7-10-16-12-13-19-14-17-8-5-6-9-18(17)15-20(19)22(16)21/h3-15H,1-2H2. The quantitative estimate of drug-likeness (QED) is 0.283. The van der Waals surface area contributed by atoms with Crippen LogP contribution in [0.15, 0.2) is 91.3 Å². The summed E-state index contributed by atoms with van der Waals surface area (Å²) in [6, 6.07) is 24.0. The summed E-state index contributed by atoms with van der Waals surface area (Å²) in [5, 5.41) is 8.86. The van der Waals surface area contributed by atoms with Crippen molar-refractivity contribution in [1.29, 1.82) is 0 Å². The normalized spacial score (nSPS) is 11.4. The molecular weight excluding hydrogens is 336 g/mol. The highest BCUT2D eigenvalue weighted by atomic mass is 28.3. The molecule has 0 saturated carbocycles. The monoisotopic (exact) mass is 353 g/mol. The summed E-state index contributed by atoms with van der Waals surface area (Å²) in [6.45, 7) is 7.79. The van der Waals surface area contributed by atoms with Crippen LogP contribution in [0.25, 0.3) is 32.3 Å². The molecule has 0 aromatic heterocycles. The number of benzene rings is 4. The molecule has 0 saturated heterocycles. The molecule has 0 atom stereocenters.